The van der Waals surface area contributed by atoms with E-state index in [1.54, 1.807) is 12.1 Å². The Bertz CT molecular complexity index is 771. The first kappa shape index (κ1) is 19.2. The molecular weight excluding hydrogens is 363 g/mol. The van der Waals surface area contributed by atoms with Crippen LogP contribution in [-0.2, 0) is 4.79 Å². The number of hydrogen-bond acceptors (Lipinski definition) is 4. The summed E-state index contributed by atoms with van der Waals surface area (Å²) in [4.78, 5) is 12.3. The minimum atomic E-state index is -0.251. The van der Waals surface area contributed by atoms with Crippen molar-refractivity contribution in [2.75, 3.05) is 31.4 Å². The molecule has 0 spiro atoms. The first-order valence-electron chi connectivity index (χ1n) is 7.57. The van der Waals surface area contributed by atoms with Crippen molar-refractivity contribution >= 4 is 40.5 Å². The summed E-state index contributed by atoms with van der Waals surface area (Å²) in [6.07, 6.45) is 0. The van der Waals surface area contributed by atoms with Gasteiger partial charge in [0.25, 0.3) is 0 Å². The molecule has 5 nitrogen and oxygen atoms in total. The second-order valence-electron chi connectivity index (χ2n) is 5.53. The summed E-state index contributed by atoms with van der Waals surface area (Å²) in [7, 11) is 3.00. The number of carbonyl (C=O) groups is 1. The molecule has 0 atom stereocenters. The molecule has 7 heteroatoms. The van der Waals surface area contributed by atoms with Gasteiger partial charge in [-0.05, 0) is 31.0 Å². The molecule has 134 valence electrons. The molecular formula is C18H20Cl2N2O3. The van der Waals surface area contributed by atoms with Crippen LogP contribution < -0.4 is 20.1 Å². The molecule has 0 bridgehead atoms. The smallest absolute Gasteiger partial charge is 0.243 e. The summed E-state index contributed by atoms with van der Waals surface area (Å²) in [6.45, 7) is 3.96. The zero-order valence-corrected chi connectivity index (χ0v) is 16.0. The van der Waals surface area contributed by atoms with Crippen LogP contribution in [0.15, 0.2) is 24.3 Å². The van der Waals surface area contributed by atoms with Crippen LogP contribution in [0.5, 0.6) is 11.5 Å². The van der Waals surface area contributed by atoms with Gasteiger partial charge in [0.2, 0.25) is 5.91 Å². The van der Waals surface area contributed by atoms with Crippen LogP contribution in [0.3, 0.4) is 0 Å². The summed E-state index contributed by atoms with van der Waals surface area (Å²) in [5.41, 5.74) is 3.25. The number of anilines is 2. The molecule has 0 saturated heterocycles. The number of ether oxygens (including phenoxy) is 2. The van der Waals surface area contributed by atoms with Gasteiger partial charge in [-0.3, -0.25) is 4.79 Å². The van der Waals surface area contributed by atoms with Crippen molar-refractivity contribution in [2.45, 2.75) is 13.8 Å². The molecule has 0 aliphatic rings. The quantitative estimate of drug-likeness (QED) is 0.761. The van der Waals surface area contributed by atoms with E-state index in [4.69, 9.17) is 32.7 Å². The molecule has 0 aliphatic carbocycles. The largest absolute Gasteiger partial charge is 0.495 e. The van der Waals surface area contributed by atoms with Crippen LogP contribution in [0.2, 0.25) is 10.0 Å². The molecule has 2 rings (SSSR count). The van der Waals surface area contributed by atoms with Crippen LogP contribution in [0, 0.1) is 13.8 Å². The van der Waals surface area contributed by atoms with Crippen LogP contribution in [0.4, 0.5) is 11.4 Å². The molecule has 1 amide bonds. The van der Waals surface area contributed by atoms with Gasteiger partial charge in [0, 0.05) is 12.1 Å². The number of hydrogen-bond donors (Lipinski definition) is 2. The van der Waals surface area contributed by atoms with Crippen LogP contribution >= 0.6 is 23.2 Å². The fraction of sp³-hybridized carbons (Fsp3) is 0.278. The zero-order chi connectivity index (χ0) is 18.6. The Kier molecular flexibility index (Phi) is 6.39. The lowest BCUT2D eigenvalue weighted by Gasteiger charge is -2.15. The zero-order valence-electron chi connectivity index (χ0n) is 14.5. The molecule has 2 aromatic carbocycles. The van der Waals surface area contributed by atoms with Gasteiger partial charge in [0.15, 0.2) is 0 Å². The van der Waals surface area contributed by atoms with Crippen molar-refractivity contribution in [3.63, 3.8) is 0 Å². The van der Waals surface area contributed by atoms with E-state index in [9.17, 15) is 4.79 Å². The Morgan fingerprint density at radius 1 is 1.00 bits per heavy atom. The molecule has 0 saturated carbocycles. The summed E-state index contributed by atoms with van der Waals surface area (Å²) < 4.78 is 10.4. The second-order valence-corrected chi connectivity index (χ2v) is 6.34. The molecule has 0 unspecified atom stereocenters. The third kappa shape index (κ3) is 4.71. The van der Waals surface area contributed by atoms with Gasteiger partial charge in [-0.25, -0.2) is 0 Å². The standard InChI is InChI=1S/C18H20Cl2N2O3/c1-10-5-11(2)18(13(20)6-10)21-9-17(23)22-14-8-15(24-3)12(19)7-16(14)25-4/h5-8,21H,9H2,1-4H3,(H,22,23). The number of rotatable bonds is 6. The van der Waals surface area contributed by atoms with E-state index >= 15 is 0 Å². The first-order valence-corrected chi connectivity index (χ1v) is 8.33. The van der Waals surface area contributed by atoms with E-state index in [-0.39, 0.29) is 12.5 Å². The lowest BCUT2D eigenvalue weighted by Crippen LogP contribution is -2.22. The third-order valence-electron chi connectivity index (χ3n) is 3.61. The fourth-order valence-corrected chi connectivity index (χ4v) is 3.08. The van der Waals surface area contributed by atoms with Gasteiger partial charge < -0.3 is 20.1 Å². The Labute approximate surface area is 157 Å². The van der Waals surface area contributed by atoms with Crippen molar-refractivity contribution in [3.8, 4) is 11.5 Å². The van der Waals surface area contributed by atoms with Gasteiger partial charge in [-0.15, -0.1) is 0 Å². The number of methoxy groups -OCH3 is 2. The van der Waals surface area contributed by atoms with E-state index < -0.39 is 0 Å². The highest BCUT2D eigenvalue weighted by Crippen LogP contribution is 2.35. The Balaban J connectivity index is 2.11. The SMILES string of the molecule is COc1cc(NC(=O)CNc2c(C)cc(C)cc2Cl)c(OC)cc1Cl. The highest BCUT2D eigenvalue weighted by molar-refractivity contribution is 6.33. The van der Waals surface area contributed by atoms with Gasteiger partial charge >= 0.3 is 0 Å². The van der Waals surface area contributed by atoms with E-state index in [1.807, 2.05) is 26.0 Å². The predicted octanol–water partition coefficient (Wildman–Crippen LogP) is 4.68. The third-order valence-corrected chi connectivity index (χ3v) is 4.20. The van der Waals surface area contributed by atoms with Crippen molar-refractivity contribution in [3.05, 3.63) is 45.4 Å². The minimum Gasteiger partial charge on any atom is -0.495 e. The average Bonchev–Trinajstić information content (AvgIpc) is 2.55. The van der Waals surface area contributed by atoms with Crippen LogP contribution in [0.25, 0.3) is 0 Å². The molecule has 0 aromatic heterocycles. The van der Waals surface area contributed by atoms with Crippen molar-refractivity contribution in [2.24, 2.45) is 0 Å². The number of benzene rings is 2. The molecule has 0 radical (unpaired) electrons. The van der Waals surface area contributed by atoms with E-state index in [2.05, 4.69) is 10.6 Å². The second kappa shape index (κ2) is 8.32. The highest BCUT2D eigenvalue weighted by Gasteiger charge is 2.13. The monoisotopic (exact) mass is 382 g/mol. The van der Waals surface area contributed by atoms with Gasteiger partial charge in [-0.1, -0.05) is 29.3 Å². The number of nitrogens with one attached hydrogen (secondary N) is 2. The van der Waals surface area contributed by atoms with E-state index in [1.165, 1.54) is 14.2 Å². The molecule has 0 heterocycles. The minimum absolute atomic E-state index is 0.0533. The Morgan fingerprint density at radius 2 is 1.68 bits per heavy atom. The van der Waals surface area contributed by atoms with Crippen LogP contribution in [-0.4, -0.2) is 26.7 Å². The maximum Gasteiger partial charge on any atom is 0.243 e. The molecule has 0 fully saturated rings. The topological polar surface area (TPSA) is 59.6 Å². The lowest BCUT2D eigenvalue weighted by atomic mass is 10.1. The Morgan fingerprint density at radius 3 is 2.28 bits per heavy atom. The normalized spacial score (nSPS) is 10.3. The summed E-state index contributed by atoms with van der Waals surface area (Å²) in [6, 6.07) is 7.05. The van der Waals surface area contributed by atoms with Gasteiger partial charge in [-0.2, -0.15) is 0 Å². The van der Waals surface area contributed by atoms with E-state index in [0.717, 1.165) is 16.8 Å². The number of aryl methyl sites for hydroxylation is 2. The molecule has 25 heavy (non-hydrogen) atoms. The molecule has 2 aromatic rings. The lowest BCUT2D eigenvalue weighted by molar-refractivity contribution is -0.114. The number of halogens is 2. The molecule has 2 N–H and O–H groups in total. The van der Waals surface area contributed by atoms with Gasteiger partial charge in [0.05, 0.1) is 42.2 Å². The molecule has 0 aliphatic heterocycles. The average molecular weight is 383 g/mol. The first-order chi connectivity index (χ1) is 11.8. The Hall–Kier alpha value is -2.11. The number of amides is 1. The maximum absolute atomic E-state index is 12.3. The van der Waals surface area contributed by atoms with Crippen molar-refractivity contribution in [1.82, 2.24) is 0 Å². The van der Waals surface area contributed by atoms with Crippen molar-refractivity contribution in [1.29, 1.82) is 0 Å². The summed E-state index contributed by atoms with van der Waals surface area (Å²) in [5.74, 6) is 0.644. The summed E-state index contributed by atoms with van der Waals surface area (Å²) >= 11 is 12.3. The summed E-state index contributed by atoms with van der Waals surface area (Å²) in [5, 5.41) is 6.82. The highest BCUT2D eigenvalue weighted by atomic mass is 35.5. The van der Waals surface area contributed by atoms with Crippen LogP contribution in [0.1, 0.15) is 11.1 Å². The number of carbonyl (C=O) groups excluding carboxylic acids is 1. The fourth-order valence-electron chi connectivity index (χ4n) is 2.46. The van der Waals surface area contributed by atoms with E-state index in [0.29, 0.717) is 27.2 Å². The van der Waals surface area contributed by atoms with Crippen molar-refractivity contribution < 1.29 is 14.3 Å². The predicted molar refractivity (Wildman–Crippen MR) is 103 cm³/mol. The van der Waals surface area contributed by atoms with Gasteiger partial charge in [0.1, 0.15) is 11.5 Å². The maximum atomic E-state index is 12.3.